The third-order valence-electron chi connectivity index (χ3n) is 5.27. The van der Waals surface area contributed by atoms with E-state index in [2.05, 4.69) is 10.6 Å². The molecule has 7 nitrogen and oxygen atoms in total. The normalized spacial score (nSPS) is 17.3. The molecule has 0 unspecified atom stereocenters. The highest BCUT2D eigenvalue weighted by Gasteiger charge is 2.16. The van der Waals surface area contributed by atoms with Crippen molar-refractivity contribution in [2.45, 2.75) is 76.7 Å². The van der Waals surface area contributed by atoms with Gasteiger partial charge >= 0.3 is 0 Å². The number of nitrogens with zero attached hydrogens (tertiary/aromatic N) is 2. The lowest BCUT2D eigenvalue weighted by Gasteiger charge is -2.19. The number of amides is 1. The molecule has 1 fully saturated rings. The molecule has 156 valence electrons. The van der Waals surface area contributed by atoms with Crippen LogP contribution in [0.5, 0.6) is 0 Å². The van der Waals surface area contributed by atoms with Crippen LogP contribution in [0.2, 0.25) is 0 Å². The molecule has 0 bridgehead atoms. The summed E-state index contributed by atoms with van der Waals surface area (Å²) in [5, 5.41) is 26.0. The van der Waals surface area contributed by atoms with Gasteiger partial charge in [0.25, 0.3) is 11.6 Å². The number of nitro benzene ring substituents is 1. The number of nitriles is 1. The molecular formula is C22H30N4O3. The van der Waals surface area contributed by atoms with Crippen molar-refractivity contribution < 1.29 is 9.72 Å². The van der Waals surface area contributed by atoms with Gasteiger partial charge in [-0.15, -0.1) is 0 Å². The van der Waals surface area contributed by atoms with Crippen LogP contribution in [0.15, 0.2) is 36.0 Å². The molecule has 0 spiro atoms. The molecule has 1 aliphatic rings. The predicted octanol–water partition coefficient (Wildman–Crippen LogP) is 5.20. The molecule has 1 amide bonds. The minimum Gasteiger partial charge on any atom is -0.360 e. The van der Waals surface area contributed by atoms with E-state index >= 15 is 0 Å². The first-order valence-corrected chi connectivity index (χ1v) is 10.5. The van der Waals surface area contributed by atoms with Gasteiger partial charge in [0.05, 0.1) is 4.92 Å². The second kappa shape index (κ2) is 12.6. The maximum atomic E-state index is 12.6. The van der Waals surface area contributed by atoms with E-state index in [4.69, 9.17) is 0 Å². The van der Waals surface area contributed by atoms with Crippen molar-refractivity contribution in [1.29, 1.82) is 5.26 Å². The first-order chi connectivity index (χ1) is 14.1. The third kappa shape index (κ3) is 8.34. The van der Waals surface area contributed by atoms with Crippen molar-refractivity contribution >= 4 is 17.3 Å². The molecule has 0 saturated heterocycles. The largest absolute Gasteiger partial charge is 0.360 e. The number of hydrogen-bond donors (Lipinski definition) is 2. The summed E-state index contributed by atoms with van der Waals surface area (Å²) in [5.74, 6) is -0.376. The second-order valence-electron chi connectivity index (χ2n) is 7.55. The molecule has 1 saturated carbocycles. The average molecular weight is 399 g/mol. The zero-order valence-corrected chi connectivity index (χ0v) is 16.9. The van der Waals surface area contributed by atoms with Crippen LogP contribution in [0.4, 0.5) is 11.4 Å². The van der Waals surface area contributed by atoms with Crippen LogP contribution in [0.1, 0.15) is 70.6 Å². The summed E-state index contributed by atoms with van der Waals surface area (Å²) in [6.45, 7) is 0. The predicted molar refractivity (Wildman–Crippen MR) is 113 cm³/mol. The molecule has 1 aromatic carbocycles. The lowest BCUT2D eigenvalue weighted by Crippen LogP contribution is -2.35. The monoisotopic (exact) mass is 398 g/mol. The Hall–Kier alpha value is -2.88. The zero-order chi connectivity index (χ0) is 20.9. The Morgan fingerprint density at radius 2 is 1.52 bits per heavy atom. The molecule has 1 aliphatic carbocycles. The number of benzene rings is 1. The van der Waals surface area contributed by atoms with E-state index in [-0.39, 0.29) is 23.2 Å². The van der Waals surface area contributed by atoms with Gasteiger partial charge in [-0.3, -0.25) is 14.9 Å². The van der Waals surface area contributed by atoms with Gasteiger partial charge in [-0.1, -0.05) is 57.8 Å². The zero-order valence-electron chi connectivity index (χ0n) is 16.9. The Kier molecular flexibility index (Phi) is 9.70. The molecule has 0 atom stereocenters. The van der Waals surface area contributed by atoms with Crippen molar-refractivity contribution in [3.8, 4) is 6.07 Å². The van der Waals surface area contributed by atoms with E-state index in [0.717, 1.165) is 25.7 Å². The Bertz CT molecular complexity index is 725. The molecule has 7 heteroatoms. The smallest absolute Gasteiger partial charge is 0.269 e. The lowest BCUT2D eigenvalue weighted by molar-refractivity contribution is -0.384. The van der Waals surface area contributed by atoms with Crippen LogP contribution in [-0.2, 0) is 4.79 Å². The van der Waals surface area contributed by atoms with Crippen molar-refractivity contribution in [2.24, 2.45) is 0 Å². The molecule has 0 radical (unpaired) electrons. The molecule has 0 heterocycles. The van der Waals surface area contributed by atoms with Crippen LogP contribution < -0.4 is 10.6 Å². The lowest BCUT2D eigenvalue weighted by atomic mass is 9.98. The second-order valence-corrected chi connectivity index (χ2v) is 7.55. The maximum Gasteiger partial charge on any atom is 0.269 e. The quantitative estimate of drug-likeness (QED) is 0.306. The van der Waals surface area contributed by atoms with Gasteiger partial charge in [0, 0.05) is 30.1 Å². The van der Waals surface area contributed by atoms with Crippen LogP contribution in [0.3, 0.4) is 0 Å². The summed E-state index contributed by atoms with van der Waals surface area (Å²) in [5.41, 5.74) is 0.553. The summed E-state index contributed by atoms with van der Waals surface area (Å²) in [6, 6.07) is 7.84. The van der Waals surface area contributed by atoms with Crippen molar-refractivity contribution in [3.63, 3.8) is 0 Å². The number of anilines is 1. The Labute approximate surface area is 172 Å². The van der Waals surface area contributed by atoms with Crippen LogP contribution >= 0.6 is 0 Å². The van der Waals surface area contributed by atoms with Crippen LogP contribution in [0.25, 0.3) is 0 Å². The topological polar surface area (TPSA) is 108 Å². The molecule has 1 aromatic rings. The minimum absolute atomic E-state index is 0.00512. The fourth-order valence-electron chi connectivity index (χ4n) is 3.55. The SMILES string of the molecule is N#C/C(=C/Nc1ccc([N+](=O)[O-])cc1)C(=O)NC1CCCCCCCCCCC1. The Balaban J connectivity index is 1.92. The van der Waals surface area contributed by atoms with Gasteiger partial charge < -0.3 is 10.6 Å². The van der Waals surface area contributed by atoms with E-state index in [1.54, 1.807) is 0 Å². The molecular weight excluding hydrogens is 368 g/mol. The van der Waals surface area contributed by atoms with Crippen LogP contribution in [0, 0.1) is 21.4 Å². The van der Waals surface area contributed by atoms with Gasteiger partial charge in [0.1, 0.15) is 11.6 Å². The van der Waals surface area contributed by atoms with Crippen molar-refractivity contribution in [2.75, 3.05) is 5.32 Å². The maximum absolute atomic E-state index is 12.6. The first kappa shape index (κ1) is 22.4. The molecule has 29 heavy (non-hydrogen) atoms. The summed E-state index contributed by atoms with van der Waals surface area (Å²) in [7, 11) is 0. The van der Waals surface area contributed by atoms with E-state index in [1.165, 1.54) is 75.4 Å². The Morgan fingerprint density at radius 3 is 2.00 bits per heavy atom. The third-order valence-corrected chi connectivity index (χ3v) is 5.27. The summed E-state index contributed by atoms with van der Waals surface area (Å²) >= 11 is 0. The van der Waals surface area contributed by atoms with E-state index < -0.39 is 4.92 Å². The number of rotatable bonds is 5. The van der Waals surface area contributed by atoms with Gasteiger partial charge in [-0.2, -0.15) is 5.26 Å². The van der Waals surface area contributed by atoms with E-state index in [1.807, 2.05) is 6.07 Å². The standard InChI is InChI=1S/C22H30N4O3/c23-16-18(17-24-19-12-14-21(15-13-19)26(28)29)22(27)25-20-10-8-6-4-2-1-3-5-7-9-11-20/h12-15,17,20,24H,1-11H2,(H,25,27)/b18-17-. The number of carbonyl (C=O) groups is 1. The number of non-ortho nitro benzene ring substituents is 1. The molecule has 2 rings (SSSR count). The van der Waals surface area contributed by atoms with Crippen molar-refractivity contribution in [3.05, 3.63) is 46.2 Å². The Morgan fingerprint density at radius 1 is 1.00 bits per heavy atom. The number of nitro groups is 1. The summed E-state index contributed by atoms with van der Waals surface area (Å²) in [6.07, 6.45) is 14.2. The van der Waals surface area contributed by atoms with Gasteiger partial charge in [0.2, 0.25) is 0 Å². The van der Waals surface area contributed by atoms with Crippen molar-refractivity contribution in [1.82, 2.24) is 5.32 Å². The number of hydrogen-bond acceptors (Lipinski definition) is 5. The fourth-order valence-corrected chi connectivity index (χ4v) is 3.55. The minimum atomic E-state index is -0.476. The van der Waals surface area contributed by atoms with Gasteiger partial charge in [-0.25, -0.2) is 0 Å². The van der Waals surface area contributed by atoms with E-state index in [9.17, 15) is 20.2 Å². The number of carbonyl (C=O) groups excluding carboxylic acids is 1. The molecule has 0 aliphatic heterocycles. The van der Waals surface area contributed by atoms with Gasteiger partial charge in [0.15, 0.2) is 0 Å². The van der Waals surface area contributed by atoms with Crippen LogP contribution in [-0.4, -0.2) is 16.9 Å². The van der Waals surface area contributed by atoms with E-state index in [0.29, 0.717) is 5.69 Å². The summed E-state index contributed by atoms with van der Waals surface area (Å²) < 4.78 is 0. The van der Waals surface area contributed by atoms with Gasteiger partial charge in [-0.05, 0) is 25.0 Å². The average Bonchev–Trinajstić information content (AvgIpc) is 2.71. The molecule has 2 N–H and O–H groups in total. The molecule has 0 aromatic heterocycles. The first-order valence-electron chi connectivity index (χ1n) is 10.5. The summed E-state index contributed by atoms with van der Waals surface area (Å²) in [4.78, 5) is 22.8. The highest BCUT2D eigenvalue weighted by Crippen LogP contribution is 2.18. The highest BCUT2D eigenvalue weighted by atomic mass is 16.6. The highest BCUT2D eigenvalue weighted by molar-refractivity contribution is 5.97. The number of nitrogens with one attached hydrogen (secondary N) is 2. The fraction of sp³-hybridized carbons (Fsp3) is 0.545.